The largest absolute Gasteiger partial charge is 0.493 e. The molecule has 3 amide bonds. The first-order chi connectivity index (χ1) is 14.9. The number of hydrogen-bond acceptors (Lipinski definition) is 5. The Kier molecular flexibility index (Phi) is 5.50. The van der Waals surface area contributed by atoms with Crippen LogP contribution >= 0.6 is 0 Å². The van der Waals surface area contributed by atoms with E-state index in [0.717, 1.165) is 0 Å². The van der Waals surface area contributed by atoms with Crippen LogP contribution in [0.3, 0.4) is 0 Å². The van der Waals surface area contributed by atoms with E-state index in [1.165, 1.54) is 19.2 Å². The summed E-state index contributed by atoms with van der Waals surface area (Å²) in [4.78, 5) is 31.4. The van der Waals surface area contributed by atoms with Gasteiger partial charge < -0.3 is 25.0 Å². The number of aliphatic imine (C=N–C) groups is 1. The maximum absolute atomic E-state index is 13.5. The molecule has 2 aromatic carbocycles. The number of ether oxygens (including phenoxy) is 2. The number of anilines is 1. The van der Waals surface area contributed by atoms with E-state index in [4.69, 9.17) is 9.47 Å². The standard InChI is InChI=1S/C22H23FN4O4/c1-30-17-7-6-16(13-18(17)31-2)24-21(29)27-10-8-22(9-11-27)25-19(20(28)26-22)14-4-3-5-15(23)12-14/h3-7,12-13H,8-11H2,1-2H3,(H,24,29)(H,26,28). The molecule has 2 N–H and O–H groups in total. The molecule has 9 heteroatoms. The summed E-state index contributed by atoms with van der Waals surface area (Å²) in [6.45, 7) is 0.832. The fourth-order valence-corrected chi connectivity index (χ4v) is 3.83. The number of hydrogen-bond donors (Lipinski definition) is 2. The van der Waals surface area contributed by atoms with Crippen molar-refractivity contribution in [1.82, 2.24) is 10.2 Å². The van der Waals surface area contributed by atoms with Gasteiger partial charge in [-0.3, -0.25) is 9.79 Å². The molecular formula is C22H23FN4O4. The van der Waals surface area contributed by atoms with Crippen LogP contribution in [0.15, 0.2) is 47.5 Å². The number of likely N-dealkylation sites (tertiary alicyclic amines) is 1. The van der Waals surface area contributed by atoms with Crippen LogP contribution in [0.5, 0.6) is 11.5 Å². The zero-order chi connectivity index (χ0) is 22.0. The van der Waals surface area contributed by atoms with Crippen molar-refractivity contribution in [3.8, 4) is 11.5 Å². The predicted molar refractivity (Wildman–Crippen MR) is 113 cm³/mol. The Balaban J connectivity index is 1.41. The highest BCUT2D eigenvalue weighted by atomic mass is 19.1. The molecule has 8 nitrogen and oxygen atoms in total. The number of methoxy groups -OCH3 is 2. The summed E-state index contributed by atoms with van der Waals surface area (Å²) >= 11 is 0. The molecule has 0 atom stereocenters. The van der Waals surface area contributed by atoms with Gasteiger partial charge in [-0.05, 0) is 24.3 Å². The van der Waals surface area contributed by atoms with E-state index >= 15 is 0 Å². The molecule has 162 valence electrons. The first kappa shape index (κ1) is 20.6. The van der Waals surface area contributed by atoms with Gasteiger partial charge in [-0.1, -0.05) is 12.1 Å². The van der Waals surface area contributed by atoms with E-state index in [2.05, 4.69) is 15.6 Å². The minimum absolute atomic E-state index is 0.225. The molecule has 2 aliphatic heterocycles. The highest BCUT2D eigenvalue weighted by Gasteiger charge is 2.43. The molecule has 0 radical (unpaired) electrons. The van der Waals surface area contributed by atoms with Crippen molar-refractivity contribution in [3.63, 3.8) is 0 Å². The first-order valence-electron chi connectivity index (χ1n) is 9.89. The van der Waals surface area contributed by atoms with E-state index in [-0.39, 0.29) is 17.6 Å². The number of nitrogens with zero attached hydrogens (tertiary/aromatic N) is 2. The van der Waals surface area contributed by atoms with Gasteiger partial charge in [0, 0.05) is 43.2 Å². The van der Waals surface area contributed by atoms with E-state index in [0.29, 0.717) is 48.7 Å². The lowest BCUT2D eigenvalue weighted by atomic mass is 9.98. The van der Waals surface area contributed by atoms with Crippen molar-refractivity contribution in [3.05, 3.63) is 53.8 Å². The van der Waals surface area contributed by atoms with Crippen molar-refractivity contribution in [2.75, 3.05) is 32.6 Å². The normalized spacial score (nSPS) is 17.2. The van der Waals surface area contributed by atoms with Gasteiger partial charge in [0.05, 0.1) is 14.2 Å². The molecule has 0 aromatic heterocycles. The fourth-order valence-electron chi connectivity index (χ4n) is 3.83. The van der Waals surface area contributed by atoms with Crippen LogP contribution in [0, 0.1) is 5.82 Å². The zero-order valence-electron chi connectivity index (χ0n) is 17.3. The van der Waals surface area contributed by atoms with Crippen LogP contribution < -0.4 is 20.1 Å². The summed E-state index contributed by atoms with van der Waals surface area (Å²) in [6.07, 6.45) is 0.938. The van der Waals surface area contributed by atoms with Crippen LogP contribution in [-0.4, -0.2) is 55.5 Å². The summed E-state index contributed by atoms with van der Waals surface area (Å²) in [7, 11) is 3.08. The quantitative estimate of drug-likeness (QED) is 0.787. The molecule has 0 saturated carbocycles. The van der Waals surface area contributed by atoms with Crippen LogP contribution in [0.4, 0.5) is 14.9 Å². The lowest BCUT2D eigenvalue weighted by Gasteiger charge is -2.37. The van der Waals surface area contributed by atoms with E-state index in [9.17, 15) is 14.0 Å². The molecule has 1 saturated heterocycles. The van der Waals surface area contributed by atoms with E-state index in [1.807, 2.05) is 0 Å². The summed E-state index contributed by atoms with van der Waals surface area (Å²) in [6, 6.07) is 10.7. The maximum atomic E-state index is 13.5. The minimum Gasteiger partial charge on any atom is -0.493 e. The molecule has 2 aromatic rings. The maximum Gasteiger partial charge on any atom is 0.321 e. The van der Waals surface area contributed by atoms with Crippen molar-refractivity contribution in [2.24, 2.45) is 4.99 Å². The molecule has 0 aliphatic carbocycles. The highest BCUT2D eigenvalue weighted by molar-refractivity contribution is 6.46. The highest BCUT2D eigenvalue weighted by Crippen LogP contribution is 2.31. The van der Waals surface area contributed by atoms with Gasteiger partial charge in [0.1, 0.15) is 17.2 Å². The van der Waals surface area contributed by atoms with Crippen molar-refractivity contribution in [2.45, 2.75) is 18.5 Å². The van der Waals surface area contributed by atoms with Crippen molar-refractivity contribution >= 4 is 23.3 Å². The molecule has 4 rings (SSSR count). The average molecular weight is 426 g/mol. The van der Waals surface area contributed by atoms with Gasteiger partial charge in [0.15, 0.2) is 11.5 Å². The number of benzene rings is 2. The monoisotopic (exact) mass is 426 g/mol. The molecule has 2 heterocycles. The first-order valence-corrected chi connectivity index (χ1v) is 9.89. The summed E-state index contributed by atoms with van der Waals surface area (Å²) in [5.74, 6) is 0.347. The Morgan fingerprint density at radius 1 is 1.13 bits per heavy atom. The number of amides is 3. The molecule has 1 fully saturated rings. The Bertz CT molecular complexity index is 1050. The molecular weight excluding hydrogens is 403 g/mol. The Morgan fingerprint density at radius 3 is 2.55 bits per heavy atom. The van der Waals surface area contributed by atoms with Crippen molar-refractivity contribution in [1.29, 1.82) is 0 Å². The summed E-state index contributed by atoms with van der Waals surface area (Å²) in [5, 5.41) is 5.77. The molecule has 0 unspecified atom stereocenters. The van der Waals surface area contributed by atoms with Gasteiger partial charge in [-0.25, -0.2) is 9.18 Å². The Hall–Kier alpha value is -3.62. The average Bonchev–Trinajstić information content (AvgIpc) is 3.09. The predicted octanol–water partition coefficient (Wildman–Crippen LogP) is 2.79. The second-order valence-corrected chi connectivity index (χ2v) is 7.44. The second kappa shape index (κ2) is 8.25. The molecule has 0 bridgehead atoms. The SMILES string of the molecule is COc1ccc(NC(=O)N2CCC3(CC2)N=C(c2cccc(F)c2)C(=O)N3)cc1OC. The number of halogens is 1. The van der Waals surface area contributed by atoms with Crippen LogP contribution in [0.1, 0.15) is 18.4 Å². The van der Waals surface area contributed by atoms with Gasteiger partial charge in [0.25, 0.3) is 5.91 Å². The summed E-state index contributed by atoms with van der Waals surface area (Å²) < 4.78 is 24.0. The Morgan fingerprint density at radius 2 is 1.87 bits per heavy atom. The third-order valence-corrected chi connectivity index (χ3v) is 5.50. The van der Waals surface area contributed by atoms with Gasteiger partial charge in [-0.2, -0.15) is 0 Å². The number of carbonyl (C=O) groups is 2. The lowest BCUT2D eigenvalue weighted by molar-refractivity contribution is -0.115. The topological polar surface area (TPSA) is 92.3 Å². The van der Waals surface area contributed by atoms with Gasteiger partial charge in [-0.15, -0.1) is 0 Å². The molecule has 1 spiro atoms. The second-order valence-electron chi connectivity index (χ2n) is 7.44. The van der Waals surface area contributed by atoms with E-state index in [1.54, 1.807) is 42.3 Å². The lowest BCUT2D eigenvalue weighted by Crippen LogP contribution is -2.53. The smallest absolute Gasteiger partial charge is 0.321 e. The number of urea groups is 1. The van der Waals surface area contributed by atoms with Gasteiger partial charge >= 0.3 is 6.03 Å². The van der Waals surface area contributed by atoms with Crippen LogP contribution in [0.25, 0.3) is 0 Å². The number of carbonyl (C=O) groups excluding carboxylic acids is 2. The number of nitrogens with one attached hydrogen (secondary N) is 2. The number of rotatable bonds is 4. The van der Waals surface area contributed by atoms with E-state index < -0.39 is 11.5 Å². The third-order valence-electron chi connectivity index (χ3n) is 5.50. The Labute approximate surface area is 179 Å². The van der Waals surface area contributed by atoms with Gasteiger partial charge in [0.2, 0.25) is 0 Å². The third kappa shape index (κ3) is 4.16. The van der Waals surface area contributed by atoms with Crippen LogP contribution in [-0.2, 0) is 4.79 Å². The van der Waals surface area contributed by atoms with Crippen LogP contribution in [0.2, 0.25) is 0 Å². The molecule has 2 aliphatic rings. The zero-order valence-corrected chi connectivity index (χ0v) is 17.3. The molecule has 31 heavy (non-hydrogen) atoms. The summed E-state index contributed by atoms with van der Waals surface area (Å²) in [5.41, 5.74) is 0.494. The number of piperidine rings is 1. The van der Waals surface area contributed by atoms with Crippen molar-refractivity contribution < 1.29 is 23.5 Å². The minimum atomic E-state index is -0.765. The fraction of sp³-hybridized carbons (Fsp3) is 0.318.